The van der Waals surface area contributed by atoms with Gasteiger partial charge in [-0.15, -0.1) is 0 Å². The van der Waals surface area contributed by atoms with E-state index in [-0.39, 0.29) is 23.6 Å². The highest BCUT2D eigenvalue weighted by Gasteiger charge is 2.30. The van der Waals surface area contributed by atoms with Gasteiger partial charge in [0.15, 0.2) is 0 Å². The van der Waals surface area contributed by atoms with Crippen LogP contribution < -0.4 is 5.69 Å². The molecule has 1 unspecified atom stereocenters. The number of piperidine rings is 1. The molecular formula is C17H24N6O2. The van der Waals surface area contributed by atoms with Gasteiger partial charge in [0.25, 0.3) is 5.91 Å². The maximum Gasteiger partial charge on any atom is 0.345 e. The van der Waals surface area contributed by atoms with Crippen molar-refractivity contribution in [2.24, 2.45) is 7.05 Å². The van der Waals surface area contributed by atoms with E-state index >= 15 is 0 Å². The topological polar surface area (TPSA) is 85.9 Å². The molecule has 0 aliphatic carbocycles. The third-order valence-electron chi connectivity index (χ3n) is 4.57. The molecule has 1 saturated heterocycles. The second-order valence-electron chi connectivity index (χ2n) is 6.86. The van der Waals surface area contributed by atoms with Crippen LogP contribution in [-0.4, -0.2) is 48.2 Å². The second-order valence-corrected chi connectivity index (χ2v) is 6.86. The number of amides is 1. The average Bonchev–Trinajstić information content (AvgIpc) is 2.90. The summed E-state index contributed by atoms with van der Waals surface area (Å²) in [7, 11) is 1.67. The molecule has 3 rings (SSSR count). The molecule has 1 atom stereocenters. The van der Waals surface area contributed by atoms with E-state index in [0.29, 0.717) is 18.8 Å². The predicted molar refractivity (Wildman–Crippen MR) is 92.5 cm³/mol. The molecule has 8 heteroatoms. The predicted octanol–water partition coefficient (Wildman–Crippen LogP) is 1.28. The largest absolute Gasteiger partial charge is 0.345 e. The highest BCUT2D eigenvalue weighted by atomic mass is 16.2. The van der Waals surface area contributed by atoms with E-state index in [2.05, 4.69) is 15.1 Å². The first kappa shape index (κ1) is 17.3. The normalized spacial score (nSPS) is 18.0. The molecule has 8 nitrogen and oxygen atoms in total. The van der Waals surface area contributed by atoms with Crippen molar-refractivity contribution in [2.45, 2.75) is 45.6 Å². The van der Waals surface area contributed by atoms with Crippen LogP contribution in [0, 0.1) is 6.92 Å². The molecule has 0 aromatic carbocycles. The molecule has 0 bridgehead atoms. The number of aryl methyl sites for hydroxylation is 2. The molecule has 1 aliphatic rings. The molecule has 1 fully saturated rings. The van der Waals surface area contributed by atoms with Crippen molar-refractivity contribution < 1.29 is 4.79 Å². The smallest absolute Gasteiger partial charge is 0.337 e. The summed E-state index contributed by atoms with van der Waals surface area (Å²) in [6.07, 6.45) is 4.90. The summed E-state index contributed by atoms with van der Waals surface area (Å²) in [6.45, 7) is 7.01. The third-order valence-corrected chi connectivity index (χ3v) is 4.57. The van der Waals surface area contributed by atoms with E-state index in [1.807, 2.05) is 20.8 Å². The van der Waals surface area contributed by atoms with Crippen molar-refractivity contribution in [3.8, 4) is 0 Å². The van der Waals surface area contributed by atoms with E-state index in [0.717, 1.165) is 24.4 Å². The Morgan fingerprint density at radius 1 is 1.28 bits per heavy atom. The number of likely N-dealkylation sites (tertiary alicyclic amines) is 1. The van der Waals surface area contributed by atoms with Gasteiger partial charge in [0.2, 0.25) is 0 Å². The van der Waals surface area contributed by atoms with Gasteiger partial charge in [-0.2, -0.15) is 5.10 Å². The summed E-state index contributed by atoms with van der Waals surface area (Å²) >= 11 is 0. The summed E-state index contributed by atoms with van der Waals surface area (Å²) in [5.74, 6) is 0.689. The average molecular weight is 344 g/mol. The number of nitrogens with zero attached hydrogens (tertiary/aromatic N) is 6. The van der Waals surface area contributed by atoms with E-state index < -0.39 is 0 Å². The Kier molecular flexibility index (Phi) is 4.69. The molecule has 1 aliphatic heterocycles. The van der Waals surface area contributed by atoms with Crippen LogP contribution in [0.25, 0.3) is 0 Å². The number of hydrogen-bond acceptors (Lipinski definition) is 5. The van der Waals surface area contributed by atoms with Crippen molar-refractivity contribution >= 4 is 5.91 Å². The van der Waals surface area contributed by atoms with E-state index in [9.17, 15) is 9.59 Å². The minimum absolute atomic E-state index is 0.0326. The summed E-state index contributed by atoms with van der Waals surface area (Å²) in [5, 5.41) is 4.43. The molecule has 3 heterocycles. The first-order valence-corrected chi connectivity index (χ1v) is 8.61. The molecule has 1 amide bonds. The Bertz CT molecular complexity index is 821. The van der Waals surface area contributed by atoms with Crippen LogP contribution in [0.3, 0.4) is 0 Å². The lowest BCUT2D eigenvalue weighted by Crippen LogP contribution is -2.40. The lowest BCUT2D eigenvalue weighted by Gasteiger charge is -2.32. The highest BCUT2D eigenvalue weighted by Crippen LogP contribution is 2.27. The van der Waals surface area contributed by atoms with Crippen LogP contribution in [0.15, 0.2) is 17.2 Å². The standard InChI is InChI=1S/C17H24N6O2/c1-11(2)23-15(20-21(4)17(23)25)13-6-5-7-22(10-13)16(24)14-9-18-12(3)8-19-14/h8-9,11,13H,5-7,10H2,1-4H3. The van der Waals surface area contributed by atoms with Crippen LogP contribution in [-0.2, 0) is 7.05 Å². The number of carbonyl (C=O) groups is 1. The summed E-state index contributed by atoms with van der Waals surface area (Å²) in [5.41, 5.74) is 1.02. The van der Waals surface area contributed by atoms with Gasteiger partial charge in [-0.25, -0.2) is 14.5 Å². The van der Waals surface area contributed by atoms with Crippen molar-refractivity contribution in [1.82, 2.24) is 29.2 Å². The Labute approximate surface area is 146 Å². The molecule has 25 heavy (non-hydrogen) atoms. The number of carbonyl (C=O) groups excluding carboxylic acids is 1. The minimum atomic E-state index is -0.119. The Morgan fingerprint density at radius 2 is 2.04 bits per heavy atom. The van der Waals surface area contributed by atoms with Crippen molar-refractivity contribution in [2.75, 3.05) is 13.1 Å². The van der Waals surface area contributed by atoms with Gasteiger partial charge in [-0.05, 0) is 33.6 Å². The number of rotatable bonds is 3. The molecule has 0 radical (unpaired) electrons. The fourth-order valence-corrected chi connectivity index (χ4v) is 3.30. The van der Waals surface area contributed by atoms with Crippen LogP contribution in [0.5, 0.6) is 0 Å². The zero-order chi connectivity index (χ0) is 18.1. The van der Waals surface area contributed by atoms with Gasteiger partial charge < -0.3 is 4.90 Å². The SMILES string of the molecule is Cc1cnc(C(=O)N2CCCC(c3nn(C)c(=O)n3C(C)C)C2)cn1. The van der Waals surface area contributed by atoms with Crippen molar-refractivity contribution in [3.63, 3.8) is 0 Å². The van der Waals surface area contributed by atoms with Gasteiger partial charge in [0.1, 0.15) is 11.5 Å². The van der Waals surface area contributed by atoms with Crippen LogP contribution >= 0.6 is 0 Å². The molecule has 134 valence electrons. The van der Waals surface area contributed by atoms with Crippen molar-refractivity contribution in [3.05, 3.63) is 40.1 Å². The molecule has 0 saturated carbocycles. The Hall–Kier alpha value is -2.51. The van der Waals surface area contributed by atoms with E-state index in [4.69, 9.17) is 0 Å². The fourth-order valence-electron chi connectivity index (χ4n) is 3.30. The molecule has 2 aromatic heterocycles. The lowest BCUT2D eigenvalue weighted by atomic mass is 9.96. The van der Waals surface area contributed by atoms with Gasteiger partial charge in [-0.1, -0.05) is 0 Å². The number of aromatic nitrogens is 5. The van der Waals surface area contributed by atoms with Gasteiger partial charge in [0.05, 0.1) is 11.9 Å². The number of hydrogen-bond donors (Lipinski definition) is 0. The van der Waals surface area contributed by atoms with E-state index in [1.54, 1.807) is 22.7 Å². The molecule has 0 N–H and O–H groups in total. The van der Waals surface area contributed by atoms with Gasteiger partial charge in [0, 0.05) is 38.3 Å². The quantitative estimate of drug-likeness (QED) is 0.837. The van der Waals surface area contributed by atoms with Gasteiger partial charge in [-0.3, -0.25) is 14.3 Å². The van der Waals surface area contributed by atoms with E-state index in [1.165, 1.54) is 10.9 Å². The fraction of sp³-hybridized carbons (Fsp3) is 0.588. The highest BCUT2D eigenvalue weighted by molar-refractivity contribution is 5.92. The maximum atomic E-state index is 12.7. The zero-order valence-electron chi connectivity index (χ0n) is 15.1. The zero-order valence-corrected chi connectivity index (χ0v) is 15.1. The summed E-state index contributed by atoms with van der Waals surface area (Å²) < 4.78 is 3.10. The molecule has 0 spiro atoms. The second kappa shape index (κ2) is 6.78. The van der Waals surface area contributed by atoms with Crippen molar-refractivity contribution in [1.29, 1.82) is 0 Å². The minimum Gasteiger partial charge on any atom is -0.337 e. The maximum absolute atomic E-state index is 12.7. The van der Waals surface area contributed by atoms with Crippen LogP contribution in [0.4, 0.5) is 0 Å². The Morgan fingerprint density at radius 3 is 2.68 bits per heavy atom. The Balaban J connectivity index is 1.84. The molecular weight excluding hydrogens is 320 g/mol. The lowest BCUT2D eigenvalue weighted by molar-refractivity contribution is 0.0696. The first-order chi connectivity index (χ1) is 11.9. The van der Waals surface area contributed by atoms with Crippen LogP contribution in [0.2, 0.25) is 0 Å². The first-order valence-electron chi connectivity index (χ1n) is 8.61. The molecule has 2 aromatic rings. The van der Waals surface area contributed by atoms with Crippen LogP contribution in [0.1, 0.15) is 60.7 Å². The monoisotopic (exact) mass is 344 g/mol. The third kappa shape index (κ3) is 3.33. The summed E-state index contributed by atoms with van der Waals surface area (Å²) in [6, 6.07) is 0.0326. The van der Waals surface area contributed by atoms with Gasteiger partial charge >= 0.3 is 5.69 Å². The summed E-state index contributed by atoms with van der Waals surface area (Å²) in [4.78, 5) is 35.1.